The van der Waals surface area contributed by atoms with E-state index in [-0.39, 0.29) is 5.56 Å². The van der Waals surface area contributed by atoms with Crippen LogP contribution in [0.1, 0.15) is 12.0 Å². The van der Waals surface area contributed by atoms with Crippen LogP contribution in [0.5, 0.6) is 0 Å². The fourth-order valence-electron chi connectivity index (χ4n) is 3.03. The summed E-state index contributed by atoms with van der Waals surface area (Å²) in [5.74, 6) is 3.15. The molecule has 1 N–H and O–H groups in total. The number of pyridine rings is 1. The van der Waals surface area contributed by atoms with Gasteiger partial charge in [0.25, 0.3) is 0 Å². The number of nitrogens with one attached hydrogen (secondary N) is 1. The minimum atomic E-state index is -0.555. The van der Waals surface area contributed by atoms with Crippen molar-refractivity contribution in [2.24, 2.45) is 11.8 Å². The highest BCUT2D eigenvalue weighted by Gasteiger charge is 2.30. The number of anilines is 1. The molecule has 3 heterocycles. The number of rotatable bonds is 1. The van der Waals surface area contributed by atoms with E-state index < -0.39 is 5.95 Å². The van der Waals surface area contributed by atoms with Crippen LogP contribution in [0.15, 0.2) is 12.3 Å². The van der Waals surface area contributed by atoms with Crippen molar-refractivity contribution in [2.75, 3.05) is 31.1 Å². The van der Waals surface area contributed by atoms with E-state index in [1.165, 1.54) is 6.42 Å². The molecule has 2 aliphatic rings. The van der Waals surface area contributed by atoms with Crippen molar-refractivity contribution in [1.29, 1.82) is 0 Å². The van der Waals surface area contributed by atoms with Crippen molar-refractivity contribution in [3.8, 4) is 12.3 Å². The zero-order valence-corrected chi connectivity index (χ0v) is 10.2. The molecule has 2 aliphatic heterocycles. The van der Waals surface area contributed by atoms with Gasteiger partial charge in [-0.3, -0.25) is 0 Å². The summed E-state index contributed by atoms with van der Waals surface area (Å²) < 4.78 is 13.3. The number of piperidine rings is 2. The summed E-state index contributed by atoms with van der Waals surface area (Å²) in [6.45, 7) is 4.15. The number of hydrogen-bond donors (Lipinski definition) is 1. The van der Waals surface area contributed by atoms with Crippen LogP contribution in [-0.4, -0.2) is 31.2 Å². The third-order valence-corrected chi connectivity index (χ3v) is 3.84. The van der Waals surface area contributed by atoms with Crippen LogP contribution in [0.4, 0.5) is 10.1 Å². The summed E-state index contributed by atoms with van der Waals surface area (Å²) in [6.07, 6.45) is 8.16. The van der Waals surface area contributed by atoms with Gasteiger partial charge in [-0.05, 0) is 37.4 Å². The molecule has 4 heteroatoms. The smallest absolute Gasteiger partial charge is 0.228 e. The molecule has 2 unspecified atom stereocenters. The van der Waals surface area contributed by atoms with E-state index in [9.17, 15) is 4.39 Å². The van der Waals surface area contributed by atoms with Crippen molar-refractivity contribution >= 4 is 5.69 Å². The van der Waals surface area contributed by atoms with Crippen LogP contribution in [0.3, 0.4) is 0 Å². The van der Waals surface area contributed by atoms with Crippen molar-refractivity contribution in [1.82, 2.24) is 10.3 Å². The normalized spacial score (nSPS) is 26.8. The van der Waals surface area contributed by atoms with E-state index in [1.54, 1.807) is 12.3 Å². The van der Waals surface area contributed by atoms with Gasteiger partial charge in [-0.15, -0.1) is 6.42 Å². The summed E-state index contributed by atoms with van der Waals surface area (Å²) in [6, 6.07) is 1.73. The van der Waals surface area contributed by atoms with Gasteiger partial charge in [0.15, 0.2) is 0 Å². The Balaban J connectivity index is 1.84. The molecular weight excluding hydrogens is 229 g/mol. The minimum Gasteiger partial charge on any atom is -0.370 e. The molecule has 2 atom stereocenters. The number of fused-ring (bicyclic) bond motifs is 2. The van der Waals surface area contributed by atoms with Crippen LogP contribution >= 0.6 is 0 Å². The van der Waals surface area contributed by atoms with E-state index in [1.807, 2.05) is 0 Å². The van der Waals surface area contributed by atoms with Gasteiger partial charge in [-0.2, -0.15) is 4.39 Å². The fourth-order valence-corrected chi connectivity index (χ4v) is 3.03. The first-order valence-electron chi connectivity index (χ1n) is 6.34. The van der Waals surface area contributed by atoms with Crippen molar-refractivity contribution in [2.45, 2.75) is 6.42 Å². The van der Waals surface area contributed by atoms with Crippen LogP contribution in [0.2, 0.25) is 0 Å². The molecule has 0 amide bonds. The van der Waals surface area contributed by atoms with E-state index in [0.29, 0.717) is 11.8 Å². The molecule has 0 radical (unpaired) electrons. The maximum absolute atomic E-state index is 13.3. The Labute approximate surface area is 106 Å². The number of nitrogens with zero attached hydrogens (tertiary/aromatic N) is 2. The summed E-state index contributed by atoms with van der Waals surface area (Å²) in [4.78, 5) is 6.04. The van der Waals surface area contributed by atoms with E-state index in [0.717, 1.165) is 31.9 Å². The lowest BCUT2D eigenvalue weighted by atomic mass is 9.85. The van der Waals surface area contributed by atoms with Gasteiger partial charge in [0.05, 0.1) is 17.4 Å². The lowest BCUT2D eigenvalue weighted by molar-refractivity contribution is 0.249. The topological polar surface area (TPSA) is 28.2 Å². The van der Waals surface area contributed by atoms with E-state index in [4.69, 9.17) is 6.42 Å². The predicted molar refractivity (Wildman–Crippen MR) is 68.8 cm³/mol. The van der Waals surface area contributed by atoms with E-state index >= 15 is 0 Å². The number of aromatic nitrogens is 1. The molecule has 3 rings (SSSR count). The lowest BCUT2D eigenvalue weighted by Crippen LogP contribution is -2.51. The lowest BCUT2D eigenvalue weighted by Gasteiger charge is -2.42. The second kappa shape index (κ2) is 4.58. The molecule has 1 aromatic rings. The van der Waals surface area contributed by atoms with Gasteiger partial charge >= 0.3 is 0 Å². The van der Waals surface area contributed by atoms with Crippen molar-refractivity contribution in [3.05, 3.63) is 23.8 Å². The van der Waals surface area contributed by atoms with Gasteiger partial charge in [-0.25, -0.2) is 4.98 Å². The quantitative estimate of drug-likeness (QED) is 0.596. The van der Waals surface area contributed by atoms with E-state index in [2.05, 4.69) is 21.1 Å². The number of terminal acetylenes is 1. The number of halogens is 1. The Hall–Kier alpha value is -1.60. The standard InChI is InChI=1S/C14H16FN3/c1-2-12-4-13(7-17-14(12)15)18-8-10-3-11(9-18)6-16-5-10/h1,4,7,10-11,16H,3,5-6,8-9H2. The average Bonchev–Trinajstić information content (AvgIpc) is 2.39. The monoisotopic (exact) mass is 245 g/mol. The van der Waals surface area contributed by atoms with Gasteiger partial charge in [-0.1, -0.05) is 5.92 Å². The molecule has 2 fully saturated rings. The maximum atomic E-state index is 13.3. The minimum absolute atomic E-state index is 0.251. The molecule has 0 spiro atoms. The zero-order valence-electron chi connectivity index (χ0n) is 10.2. The number of hydrogen-bond acceptors (Lipinski definition) is 3. The van der Waals surface area contributed by atoms with Gasteiger partial charge in [0.2, 0.25) is 5.95 Å². The fraction of sp³-hybridized carbons (Fsp3) is 0.500. The summed E-state index contributed by atoms with van der Waals surface area (Å²) in [7, 11) is 0. The highest BCUT2D eigenvalue weighted by atomic mass is 19.1. The first-order valence-corrected chi connectivity index (χ1v) is 6.34. The molecule has 18 heavy (non-hydrogen) atoms. The molecular formula is C14H16FN3. The Morgan fingerprint density at radius 3 is 2.78 bits per heavy atom. The van der Waals surface area contributed by atoms with Gasteiger partial charge in [0, 0.05) is 13.1 Å². The van der Waals surface area contributed by atoms with Crippen LogP contribution in [0, 0.1) is 30.1 Å². The third kappa shape index (κ3) is 2.06. The molecule has 0 aromatic carbocycles. The van der Waals surface area contributed by atoms with Crippen molar-refractivity contribution < 1.29 is 4.39 Å². The van der Waals surface area contributed by atoms with Crippen LogP contribution in [0.25, 0.3) is 0 Å². The first kappa shape index (κ1) is 11.5. The maximum Gasteiger partial charge on any atom is 0.228 e. The average molecular weight is 245 g/mol. The summed E-state index contributed by atoms with van der Waals surface area (Å²) in [5, 5.41) is 3.46. The molecule has 0 aliphatic carbocycles. The summed E-state index contributed by atoms with van der Waals surface area (Å²) >= 11 is 0. The van der Waals surface area contributed by atoms with Gasteiger partial charge in [0.1, 0.15) is 0 Å². The molecule has 2 saturated heterocycles. The summed E-state index contributed by atoms with van der Waals surface area (Å²) in [5.41, 5.74) is 1.20. The SMILES string of the molecule is C#Cc1cc(N2CC3CNCC(C3)C2)cnc1F. The zero-order chi connectivity index (χ0) is 12.5. The Morgan fingerprint density at radius 2 is 2.11 bits per heavy atom. The molecule has 94 valence electrons. The van der Waals surface area contributed by atoms with Crippen LogP contribution in [-0.2, 0) is 0 Å². The highest BCUT2D eigenvalue weighted by Crippen LogP contribution is 2.28. The molecule has 1 aromatic heterocycles. The molecule has 2 bridgehead atoms. The second-order valence-electron chi connectivity index (χ2n) is 5.21. The first-order chi connectivity index (χ1) is 8.76. The second-order valence-corrected chi connectivity index (χ2v) is 5.21. The highest BCUT2D eigenvalue weighted by molar-refractivity contribution is 5.50. The third-order valence-electron chi connectivity index (χ3n) is 3.84. The Bertz CT molecular complexity index is 482. The predicted octanol–water partition coefficient (Wildman–Crippen LogP) is 1.25. The Kier molecular flexibility index (Phi) is 2.92. The largest absolute Gasteiger partial charge is 0.370 e. The van der Waals surface area contributed by atoms with Gasteiger partial charge < -0.3 is 10.2 Å². The van der Waals surface area contributed by atoms with Crippen molar-refractivity contribution in [3.63, 3.8) is 0 Å². The molecule has 3 nitrogen and oxygen atoms in total. The Morgan fingerprint density at radius 1 is 1.39 bits per heavy atom. The van der Waals surface area contributed by atoms with Crippen LogP contribution < -0.4 is 10.2 Å². The molecule has 0 saturated carbocycles.